The van der Waals surface area contributed by atoms with Gasteiger partial charge in [0.25, 0.3) is 11.8 Å². The summed E-state index contributed by atoms with van der Waals surface area (Å²) in [7, 11) is 1.63. The van der Waals surface area contributed by atoms with Gasteiger partial charge in [0.15, 0.2) is 5.13 Å². The summed E-state index contributed by atoms with van der Waals surface area (Å²) in [6.07, 6.45) is 1.54. The van der Waals surface area contributed by atoms with Gasteiger partial charge in [-0.15, -0.1) is 11.3 Å². The predicted molar refractivity (Wildman–Crippen MR) is 109 cm³/mol. The smallest absolute Gasteiger partial charge is 0.309 e. The molecule has 1 saturated heterocycles. The third-order valence-corrected chi connectivity index (χ3v) is 5.85. The molecule has 0 bridgehead atoms. The largest absolute Gasteiger partial charge is 0.481 e. The number of amides is 2. The number of benzene rings is 1. The number of hydrogen-bond donors (Lipinski definition) is 2. The van der Waals surface area contributed by atoms with Crippen LogP contribution in [0.1, 0.15) is 21.6 Å². The fraction of sp³-hybridized carbons (Fsp3) is 0.118. The van der Waals surface area contributed by atoms with Crippen molar-refractivity contribution in [1.29, 1.82) is 0 Å². The van der Waals surface area contributed by atoms with Crippen molar-refractivity contribution < 1.29 is 19.5 Å². The van der Waals surface area contributed by atoms with E-state index < -0.39 is 5.97 Å². The number of nitrogens with zero attached hydrogens (tertiary/aromatic N) is 2. The number of aliphatic carboxylic acids is 1. The van der Waals surface area contributed by atoms with E-state index in [0.717, 1.165) is 5.56 Å². The van der Waals surface area contributed by atoms with E-state index in [9.17, 15) is 14.4 Å². The minimum atomic E-state index is -0.978. The van der Waals surface area contributed by atoms with Gasteiger partial charge < -0.3 is 5.11 Å². The van der Waals surface area contributed by atoms with E-state index in [1.807, 2.05) is 0 Å². The number of thioether (sulfide) groups is 1. The number of rotatable bonds is 5. The van der Waals surface area contributed by atoms with Crippen LogP contribution in [0.5, 0.6) is 0 Å². The van der Waals surface area contributed by atoms with Crippen LogP contribution in [0.4, 0.5) is 5.13 Å². The normalized spacial score (nSPS) is 15.4. The first kappa shape index (κ1) is 19.2. The number of carboxylic acids is 1. The van der Waals surface area contributed by atoms with Gasteiger partial charge >= 0.3 is 5.97 Å². The number of anilines is 1. The number of hydrogen-bond acceptors (Lipinski definition) is 7. The van der Waals surface area contributed by atoms with Crippen molar-refractivity contribution in [2.24, 2.45) is 0 Å². The first-order valence-electron chi connectivity index (χ1n) is 7.62. The molecule has 1 aliphatic heterocycles. The number of thiocarbonyl (C=S) groups is 1. The zero-order valence-corrected chi connectivity index (χ0v) is 16.4. The van der Waals surface area contributed by atoms with E-state index in [0.29, 0.717) is 25.6 Å². The second-order valence-corrected chi connectivity index (χ2v) is 8.07. The second kappa shape index (κ2) is 7.99. The molecule has 2 amide bonds. The Morgan fingerprint density at radius 3 is 2.63 bits per heavy atom. The number of carboxylic acid groups (broad SMARTS) is 1. The lowest BCUT2D eigenvalue weighted by Crippen LogP contribution is -2.22. The Labute approximate surface area is 168 Å². The highest BCUT2D eigenvalue weighted by Gasteiger charge is 2.28. The van der Waals surface area contributed by atoms with Gasteiger partial charge in [0.2, 0.25) is 0 Å². The summed E-state index contributed by atoms with van der Waals surface area (Å²) in [5, 5.41) is 13.3. The van der Waals surface area contributed by atoms with Crippen molar-refractivity contribution in [3.05, 3.63) is 51.4 Å². The van der Waals surface area contributed by atoms with Crippen molar-refractivity contribution in [2.45, 2.75) is 6.42 Å². The van der Waals surface area contributed by atoms with Gasteiger partial charge in [0.05, 0.1) is 17.0 Å². The van der Waals surface area contributed by atoms with Crippen LogP contribution in [0, 0.1) is 0 Å². The Morgan fingerprint density at radius 2 is 2.04 bits per heavy atom. The Kier molecular flexibility index (Phi) is 5.68. The zero-order valence-electron chi connectivity index (χ0n) is 14.0. The van der Waals surface area contributed by atoms with E-state index in [1.54, 1.807) is 42.8 Å². The molecule has 1 aliphatic rings. The molecule has 138 valence electrons. The molecule has 1 aromatic heterocycles. The number of carbonyl (C=O) groups is 3. The molecule has 2 N–H and O–H groups in total. The molecule has 0 saturated carbocycles. The van der Waals surface area contributed by atoms with Crippen molar-refractivity contribution >= 4 is 68.6 Å². The summed E-state index contributed by atoms with van der Waals surface area (Å²) in [5.41, 5.74) is 1.59. The fourth-order valence-electron chi connectivity index (χ4n) is 2.20. The van der Waals surface area contributed by atoms with Crippen LogP contribution >= 0.6 is 35.3 Å². The summed E-state index contributed by atoms with van der Waals surface area (Å²) in [6, 6.07) is 6.74. The van der Waals surface area contributed by atoms with Crippen LogP contribution in [0.3, 0.4) is 0 Å². The summed E-state index contributed by atoms with van der Waals surface area (Å²) in [4.78, 5) is 41.0. The van der Waals surface area contributed by atoms with E-state index in [1.165, 1.54) is 28.0 Å². The van der Waals surface area contributed by atoms with Gasteiger partial charge in [-0.05, 0) is 23.8 Å². The van der Waals surface area contributed by atoms with Crippen molar-refractivity contribution in [1.82, 2.24) is 9.88 Å². The molecule has 1 aromatic carbocycles. The first-order chi connectivity index (χ1) is 12.8. The standard InChI is InChI=1S/C17H13N3O4S3/c1-20-15(24)12(27-17(20)25)6-9-2-4-10(5-3-9)14(23)19-16-18-11(8-26-16)7-13(21)22/h2-6,8H,7H2,1H3,(H,21,22)(H,18,19,23)/b12-6+. The maximum absolute atomic E-state index is 12.3. The summed E-state index contributed by atoms with van der Waals surface area (Å²) >= 11 is 7.49. The third-order valence-electron chi connectivity index (χ3n) is 3.56. The Hall–Kier alpha value is -2.56. The molecule has 0 spiro atoms. The summed E-state index contributed by atoms with van der Waals surface area (Å²) in [6.45, 7) is 0. The van der Waals surface area contributed by atoms with Crippen LogP contribution in [-0.4, -0.2) is 44.1 Å². The molecule has 0 aliphatic carbocycles. The van der Waals surface area contributed by atoms with E-state index >= 15 is 0 Å². The number of thiazole rings is 1. The highest BCUT2D eigenvalue weighted by Crippen LogP contribution is 2.31. The predicted octanol–water partition coefficient (Wildman–Crippen LogP) is 2.85. The van der Waals surface area contributed by atoms with E-state index in [2.05, 4.69) is 10.3 Å². The molecule has 10 heteroatoms. The third kappa shape index (κ3) is 4.59. The molecule has 3 rings (SSSR count). The van der Waals surface area contributed by atoms with Crippen LogP contribution in [-0.2, 0) is 16.0 Å². The van der Waals surface area contributed by atoms with Gasteiger partial charge in [0.1, 0.15) is 4.32 Å². The highest BCUT2D eigenvalue weighted by atomic mass is 32.2. The minimum Gasteiger partial charge on any atom is -0.481 e. The molecule has 7 nitrogen and oxygen atoms in total. The van der Waals surface area contributed by atoms with Crippen molar-refractivity contribution in [3.8, 4) is 0 Å². The van der Waals surface area contributed by atoms with Gasteiger partial charge in [-0.1, -0.05) is 36.1 Å². The quantitative estimate of drug-likeness (QED) is 0.568. The maximum atomic E-state index is 12.3. The van der Waals surface area contributed by atoms with E-state index in [4.69, 9.17) is 17.3 Å². The average molecular weight is 420 g/mol. The lowest BCUT2D eigenvalue weighted by Gasteiger charge is -2.04. The molecule has 0 radical (unpaired) electrons. The number of likely N-dealkylation sites (N-methyl/N-ethyl adjacent to an activating group) is 1. The molecule has 2 heterocycles. The molecule has 1 fully saturated rings. The monoisotopic (exact) mass is 419 g/mol. The Morgan fingerprint density at radius 1 is 1.33 bits per heavy atom. The zero-order chi connectivity index (χ0) is 19.6. The van der Waals surface area contributed by atoms with Gasteiger partial charge in [-0.2, -0.15) is 0 Å². The van der Waals surface area contributed by atoms with E-state index in [-0.39, 0.29) is 18.2 Å². The van der Waals surface area contributed by atoms with Crippen LogP contribution < -0.4 is 5.32 Å². The molecule has 0 unspecified atom stereocenters. The Balaban J connectivity index is 1.67. The SMILES string of the molecule is CN1C(=O)/C(=C\c2ccc(C(=O)Nc3nc(CC(=O)O)cs3)cc2)SC1=S. The number of nitrogens with one attached hydrogen (secondary N) is 1. The minimum absolute atomic E-state index is 0.146. The number of carbonyl (C=O) groups excluding carboxylic acids is 2. The molecule has 0 atom stereocenters. The van der Waals surface area contributed by atoms with Crippen LogP contribution in [0.2, 0.25) is 0 Å². The summed E-state index contributed by atoms with van der Waals surface area (Å²) in [5.74, 6) is -1.47. The summed E-state index contributed by atoms with van der Waals surface area (Å²) < 4.78 is 0.507. The van der Waals surface area contributed by atoms with Gasteiger partial charge in [0, 0.05) is 18.0 Å². The lowest BCUT2D eigenvalue weighted by molar-refractivity contribution is -0.136. The van der Waals surface area contributed by atoms with Crippen molar-refractivity contribution in [2.75, 3.05) is 12.4 Å². The van der Waals surface area contributed by atoms with Gasteiger partial charge in [-0.3, -0.25) is 24.6 Å². The average Bonchev–Trinajstić information content (AvgIpc) is 3.15. The fourth-order valence-corrected chi connectivity index (χ4v) is 4.08. The highest BCUT2D eigenvalue weighted by molar-refractivity contribution is 8.26. The molecule has 2 aromatic rings. The van der Waals surface area contributed by atoms with Gasteiger partial charge in [-0.25, -0.2) is 4.98 Å². The molecular formula is C17H13N3O4S3. The first-order valence-corrected chi connectivity index (χ1v) is 9.73. The van der Waals surface area contributed by atoms with Crippen LogP contribution in [0.25, 0.3) is 6.08 Å². The molecule has 27 heavy (non-hydrogen) atoms. The molecular weight excluding hydrogens is 406 g/mol. The van der Waals surface area contributed by atoms with Crippen molar-refractivity contribution in [3.63, 3.8) is 0 Å². The lowest BCUT2D eigenvalue weighted by atomic mass is 10.1. The maximum Gasteiger partial charge on any atom is 0.309 e. The second-order valence-electron chi connectivity index (χ2n) is 5.53. The number of aromatic nitrogens is 1. The topological polar surface area (TPSA) is 99.6 Å². The Bertz CT molecular complexity index is 966. The van der Waals surface area contributed by atoms with Crippen LogP contribution in [0.15, 0.2) is 34.6 Å².